The van der Waals surface area contributed by atoms with Crippen molar-refractivity contribution < 1.29 is 13.2 Å². The average Bonchev–Trinajstić information content (AvgIpc) is 2.78. The van der Waals surface area contributed by atoms with Crippen LogP contribution in [0.1, 0.15) is 25.0 Å². The van der Waals surface area contributed by atoms with Gasteiger partial charge in [0.1, 0.15) is 0 Å². The Morgan fingerprint density at radius 3 is 2.60 bits per heavy atom. The van der Waals surface area contributed by atoms with Gasteiger partial charge in [0.05, 0.1) is 6.20 Å². The molecule has 9 heteroatoms. The molecule has 0 aliphatic heterocycles. The van der Waals surface area contributed by atoms with Gasteiger partial charge in [-0.25, -0.2) is 9.97 Å². The normalized spacial score (nSPS) is 23.1. The molecule has 3 N–H and O–H groups in total. The van der Waals surface area contributed by atoms with Gasteiger partial charge in [-0.2, -0.15) is 13.2 Å². The van der Waals surface area contributed by atoms with Gasteiger partial charge in [0.15, 0.2) is 16.7 Å². The van der Waals surface area contributed by atoms with Crippen LogP contribution in [-0.2, 0) is 6.18 Å². The van der Waals surface area contributed by atoms with Crippen molar-refractivity contribution in [2.75, 3.05) is 12.4 Å². The molecule has 0 saturated heterocycles. The van der Waals surface area contributed by atoms with E-state index in [4.69, 9.17) is 11.6 Å². The van der Waals surface area contributed by atoms with Crippen LogP contribution in [0.15, 0.2) is 6.20 Å². The number of nitrogens with zero attached hydrogens (tertiary/aromatic N) is 2. The zero-order valence-corrected chi connectivity index (χ0v) is 11.5. The molecular formula is C11H15ClF3N5. The maximum absolute atomic E-state index is 12.5. The van der Waals surface area contributed by atoms with E-state index in [1.54, 1.807) is 7.05 Å². The number of alkyl halides is 3. The Balaban J connectivity index is 2.10. The minimum absolute atomic E-state index is 0.0472. The molecule has 1 aromatic rings. The number of hydrogen-bond donors (Lipinski definition) is 3. The quantitative estimate of drug-likeness (QED) is 0.744. The lowest BCUT2D eigenvalue weighted by molar-refractivity contribution is -0.141. The Kier molecular flexibility index (Phi) is 4.66. The van der Waals surface area contributed by atoms with Crippen LogP contribution < -0.4 is 16.2 Å². The van der Waals surface area contributed by atoms with Crippen LogP contribution in [0.5, 0.6) is 0 Å². The highest BCUT2D eigenvalue weighted by molar-refractivity contribution is 6.31. The molecule has 1 aliphatic carbocycles. The monoisotopic (exact) mass is 309 g/mol. The third-order valence-corrected chi connectivity index (χ3v) is 3.45. The molecule has 0 unspecified atom stereocenters. The molecule has 112 valence electrons. The minimum Gasteiger partial charge on any atom is -0.363 e. The Bertz CT molecular complexity index is 468. The van der Waals surface area contributed by atoms with Crippen LogP contribution in [0.4, 0.5) is 19.0 Å². The first-order valence-corrected chi connectivity index (χ1v) is 6.58. The molecular weight excluding hydrogens is 295 g/mol. The van der Waals surface area contributed by atoms with Crippen molar-refractivity contribution in [1.29, 1.82) is 0 Å². The van der Waals surface area contributed by atoms with E-state index in [2.05, 4.69) is 26.1 Å². The number of hydrogen-bond acceptors (Lipinski definition) is 5. The molecule has 0 radical (unpaired) electrons. The predicted octanol–water partition coefficient (Wildman–Crippen LogP) is 2.21. The van der Waals surface area contributed by atoms with Crippen molar-refractivity contribution >= 4 is 17.4 Å². The summed E-state index contributed by atoms with van der Waals surface area (Å²) in [4.78, 5) is 7.07. The summed E-state index contributed by atoms with van der Waals surface area (Å²) in [6, 6.07) is 0.214. The summed E-state index contributed by atoms with van der Waals surface area (Å²) in [6.45, 7) is 0. The standard InChI is InChI=1S/C11H15ClF3N5/c1-16-20-7-4-2-3-6(7)18-10-9(12)19-8(5-17-10)11(13,14)15/h5-7,16,20H,2-4H2,1H3,(H,17,18)/t6-,7-/m0/s1. The summed E-state index contributed by atoms with van der Waals surface area (Å²) in [6.07, 6.45) is -0.992. The van der Waals surface area contributed by atoms with Gasteiger partial charge in [0, 0.05) is 12.1 Å². The van der Waals surface area contributed by atoms with Crippen molar-refractivity contribution in [3.63, 3.8) is 0 Å². The summed E-state index contributed by atoms with van der Waals surface area (Å²) in [5, 5.41) is 2.78. The zero-order chi connectivity index (χ0) is 14.8. The van der Waals surface area contributed by atoms with Crippen LogP contribution >= 0.6 is 11.6 Å². The predicted molar refractivity (Wildman–Crippen MR) is 69.3 cm³/mol. The van der Waals surface area contributed by atoms with Crippen molar-refractivity contribution in [2.24, 2.45) is 0 Å². The first-order valence-electron chi connectivity index (χ1n) is 6.20. The van der Waals surface area contributed by atoms with Crippen molar-refractivity contribution in [2.45, 2.75) is 37.5 Å². The Hall–Kier alpha value is -1.12. The van der Waals surface area contributed by atoms with Gasteiger partial charge in [-0.3, -0.25) is 10.9 Å². The van der Waals surface area contributed by atoms with Crippen LogP contribution in [0, 0.1) is 0 Å². The van der Waals surface area contributed by atoms with E-state index < -0.39 is 11.9 Å². The number of nitrogens with one attached hydrogen (secondary N) is 3. The Morgan fingerprint density at radius 2 is 2.00 bits per heavy atom. The molecule has 5 nitrogen and oxygen atoms in total. The zero-order valence-electron chi connectivity index (χ0n) is 10.8. The number of anilines is 1. The lowest BCUT2D eigenvalue weighted by Gasteiger charge is -2.22. The van der Waals surface area contributed by atoms with E-state index >= 15 is 0 Å². The lowest BCUT2D eigenvalue weighted by atomic mass is 10.2. The molecule has 0 aromatic carbocycles. The van der Waals surface area contributed by atoms with Crippen LogP contribution in [0.25, 0.3) is 0 Å². The summed E-state index contributed by atoms with van der Waals surface area (Å²) in [7, 11) is 1.76. The molecule has 2 atom stereocenters. The lowest BCUT2D eigenvalue weighted by Crippen LogP contribution is -2.45. The number of hydrazine groups is 1. The maximum Gasteiger partial charge on any atom is 0.434 e. The van der Waals surface area contributed by atoms with Gasteiger partial charge in [-0.1, -0.05) is 11.6 Å². The first-order chi connectivity index (χ1) is 9.41. The summed E-state index contributed by atoms with van der Waals surface area (Å²) in [5.41, 5.74) is 4.85. The fourth-order valence-electron chi connectivity index (χ4n) is 2.27. The molecule has 0 amide bonds. The first kappa shape index (κ1) is 15.3. The van der Waals surface area contributed by atoms with Gasteiger partial charge < -0.3 is 5.32 Å². The van der Waals surface area contributed by atoms with Crippen LogP contribution in [0.2, 0.25) is 5.15 Å². The Morgan fingerprint density at radius 1 is 1.30 bits per heavy atom. The van der Waals surface area contributed by atoms with Gasteiger partial charge in [0.25, 0.3) is 0 Å². The third-order valence-electron chi connectivity index (χ3n) is 3.19. The van der Waals surface area contributed by atoms with Crippen molar-refractivity contribution in [3.8, 4) is 0 Å². The number of halogens is 4. The fourth-order valence-corrected chi connectivity index (χ4v) is 2.46. The number of aromatic nitrogens is 2. The molecule has 1 saturated carbocycles. The van der Waals surface area contributed by atoms with Crippen LogP contribution in [-0.4, -0.2) is 29.1 Å². The van der Waals surface area contributed by atoms with Crippen molar-refractivity contribution in [1.82, 2.24) is 20.8 Å². The minimum atomic E-state index is -4.54. The summed E-state index contributed by atoms with van der Waals surface area (Å²) in [5.74, 6) is 0.175. The maximum atomic E-state index is 12.5. The molecule has 1 heterocycles. The molecule has 1 fully saturated rings. The van der Waals surface area contributed by atoms with E-state index in [-0.39, 0.29) is 23.1 Å². The third kappa shape index (κ3) is 3.50. The highest BCUT2D eigenvalue weighted by atomic mass is 35.5. The molecule has 0 spiro atoms. The van der Waals surface area contributed by atoms with Gasteiger partial charge in [-0.15, -0.1) is 0 Å². The summed E-state index contributed by atoms with van der Waals surface area (Å²) < 4.78 is 37.4. The van der Waals surface area contributed by atoms with E-state index in [0.717, 1.165) is 19.3 Å². The van der Waals surface area contributed by atoms with E-state index in [1.807, 2.05) is 0 Å². The average molecular weight is 310 g/mol. The fraction of sp³-hybridized carbons (Fsp3) is 0.636. The topological polar surface area (TPSA) is 61.9 Å². The largest absolute Gasteiger partial charge is 0.434 e. The summed E-state index contributed by atoms with van der Waals surface area (Å²) >= 11 is 5.77. The highest BCUT2D eigenvalue weighted by Crippen LogP contribution is 2.30. The second kappa shape index (κ2) is 6.11. The van der Waals surface area contributed by atoms with E-state index in [0.29, 0.717) is 6.20 Å². The molecule has 2 rings (SSSR count). The molecule has 0 bridgehead atoms. The van der Waals surface area contributed by atoms with Gasteiger partial charge >= 0.3 is 6.18 Å². The SMILES string of the molecule is CNN[C@H]1CCC[C@@H]1Nc1ncc(C(F)(F)F)nc1Cl. The van der Waals surface area contributed by atoms with Crippen molar-refractivity contribution in [3.05, 3.63) is 17.0 Å². The van der Waals surface area contributed by atoms with E-state index in [9.17, 15) is 13.2 Å². The van der Waals surface area contributed by atoms with Gasteiger partial charge in [-0.05, 0) is 26.3 Å². The smallest absolute Gasteiger partial charge is 0.363 e. The molecule has 1 aromatic heterocycles. The molecule has 20 heavy (non-hydrogen) atoms. The van der Waals surface area contributed by atoms with Gasteiger partial charge in [0.2, 0.25) is 0 Å². The second-order valence-corrected chi connectivity index (χ2v) is 4.93. The molecule has 1 aliphatic rings. The van der Waals surface area contributed by atoms with E-state index in [1.165, 1.54) is 0 Å². The number of rotatable bonds is 4. The Labute approximate surface area is 119 Å². The second-order valence-electron chi connectivity index (χ2n) is 4.57. The van der Waals surface area contributed by atoms with Crippen LogP contribution in [0.3, 0.4) is 0 Å². The highest BCUT2D eigenvalue weighted by Gasteiger charge is 2.34.